The van der Waals surface area contributed by atoms with Gasteiger partial charge < -0.3 is 9.80 Å². The number of halogens is 1. The molecule has 1 aliphatic heterocycles. The molecule has 1 saturated heterocycles. The summed E-state index contributed by atoms with van der Waals surface area (Å²) in [5, 5.41) is 0. The molecule has 0 bridgehead atoms. The first-order valence-corrected chi connectivity index (χ1v) is 11.6. The Labute approximate surface area is 192 Å². The lowest BCUT2D eigenvalue weighted by Gasteiger charge is -2.37. The average molecular weight is 441 g/mol. The van der Waals surface area contributed by atoms with Crippen LogP contribution in [0.5, 0.6) is 0 Å². The van der Waals surface area contributed by atoms with Crippen LogP contribution in [0.15, 0.2) is 24.3 Å². The molecule has 1 amide bonds. The summed E-state index contributed by atoms with van der Waals surface area (Å²) in [4.78, 5) is 26.4. The van der Waals surface area contributed by atoms with Gasteiger partial charge in [0.2, 0.25) is 5.91 Å². The van der Waals surface area contributed by atoms with Crippen molar-refractivity contribution in [2.75, 3.05) is 31.1 Å². The molecule has 1 aliphatic rings. The number of aromatic nitrogens is 2. The van der Waals surface area contributed by atoms with E-state index >= 15 is 0 Å². The van der Waals surface area contributed by atoms with Crippen molar-refractivity contribution in [1.82, 2.24) is 14.9 Å². The highest BCUT2D eigenvalue weighted by atomic mass is 19.1. The van der Waals surface area contributed by atoms with E-state index in [9.17, 15) is 9.18 Å². The molecular formula is C26H37FN4O. The number of carbonyl (C=O) groups excluding carboxylic acids is 1. The summed E-state index contributed by atoms with van der Waals surface area (Å²) in [7, 11) is 0. The number of rotatable bonds is 6. The Morgan fingerprint density at radius 2 is 1.81 bits per heavy atom. The Kier molecular flexibility index (Phi) is 7.52. The van der Waals surface area contributed by atoms with Crippen LogP contribution in [-0.2, 0) is 11.2 Å². The van der Waals surface area contributed by atoms with Gasteiger partial charge in [0.15, 0.2) is 0 Å². The van der Waals surface area contributed by atoms with E-state index in [0.717, 1.165) is 48.0 Å². The highest BCUT2D eigenvalue weighted by Gasteiger charge is 2.26. The van der Waals surface area contributed by atoms with Gasteiger partial charge in [0.25, 0.3) is 0 Å². The lowest BCUT2D eigenvalue weighted by atomic mass is 9.84. The lowest BCUT2D eigenvalue weighted by Crippen LogP contribution is -2.49. The molecule has 3 rings (SSSR count). The van der Waals surface area contributed by atoms with E-state index in [1.807, 2.05) is 24.8 Å². The number of hydrogen-bond donors (Lipinski definition) is 0. The zero-order valence-electron chi connectivity index (χ0n) is 20.4. The highest BCUT2D eigenvalue weighted by molar-refractivity contribution is 5.76. The smallest absolute Gasteiger partial charge is 0.222 e. The van der Waals surface area contributed by atoms with Crippen molar-refractivity contribution in [3.05, 3.63) is 52.7 Å². The van der Waals surface area contributed by atoms with E-state index in [1.54, 1.807) is 12.1 Å². The fourth-order valence-corrected chi connectivity index (χ4v) is 4.75. The molecule has 0 spiro atoms. The number of carbonyl (C=O) groups is 1. The first kappa shape index (κ1) is 24.1. The third-order valence-electron chi connectivity index (χ3n) is 5.99. The highest BCUT2D eigenvalue weighted by Crippen LogP contribution is 2.28. The number of piperazine rings is 1. The molecule has 6 heteroatoms. The van der Waals surface area contributed by atoms with Crippen LogP contribution in [0, 0.1) is 31.0 Å². The molecule has 1 aromatic carbocycles. The zero-order valence-corrected chi connectivity index (χ0v) is 20.4. The van der Waals surface area contributed by atoms with Crippen molar-refractivity contribution in [3.63, 3.8) is 0 Å². The third kappa shape index (κ3) is 6.50. The standard InChI is InChI=1S/C26H37FN4O/c1-18(17-26(4,5)6)14-24(32)30-10-12-31(13-11-30)25-23(19(2)28-20(3)29-25)16-21-8-7-9-22(27)15-21/h7-9,15,18H,10-14,16-17H2,1-6H3/t18-/m0/s1. The van der Waals surface area contributed by atoms with E-state index in [-0.39, 0.29) is 17.1 Å². The molecule has 0 saturated carbocycles. The van der Waals surface area contributed by atoms with Gasteiger partial charge in [-0.1, -0.05) is 39.8 Å². The number of amides is 1. The molecule has 0 aliphatic carbocycles. The molecule has 5 nitrogen and oxygen atoms in total. The Balaban J connectivity index is 1.69. The van der Waals surface area contributed by atoms with Crippen LogP contribution >= 0.6 is 0 Å². The van der Waals surface area contributed by atoms with Gasteiger partial charge in [-0.2, -0.15) is 0 Å². The van der Waals surface area contributed by atoms with Gasteiger partial charge in [-0.15, -0.1) is 0 Å². The van der Waals surface area contributed by atoms with Gasteiger partial charge >= 0.3 is 0 Å². The number of hydrogen-bond acceptors (Lipinski definition) is 4. The minimum atomic E-state index is -0.234. The molecule has 1 atom stereocenters. The molecule has 0 radical (unpaired) electrons. The van der Waals surface area contributed by atoms with E-state index in [2.05, 4.69) is 37.6 Å². The zero-order chi connectivity index (χ0) is 23.5. The molecule has 32 heavy (non-hydrogen) atoms. The fourth-order valence-electron chi connectivity index (χ4n) is 4.75. The fraction of sp³-hybridized carbons (Fsp3) is 0.577. The lowest BCUT2D eigenvalue weighted by molar-refractivity contribution is -0.132. The van der Waals surface area contributed by atoms with Crippen molar-refractivity contribution in [3.8, 4) is 0 Å². The molecule has 2 aromatic rings. The summed E-state index contributed by atoms with van der Waals surface area (Å²) >= 11 is 0. The quantitative estimate of drug-likeness (QED) is 0.639. The van der Waals surface area contributed by atoms with Gasteiger partial charge in [-0.3, -0.25) is 4.79 Å². The summed E-state index contributed by atoms with van der Waals surface area (Å²) in [6.45, 7) is 15.6. The Morgan fingerprint density at radius 1 is 1.12 bits per heavy atom. The van der Waals surface area contributed by atoms with E-state index in [1.165, 1.54) is 6.07 Å². The first-order valence-electron chi connectivity index (χ1n) is 11.6. The maximum Gasteiger partial charge on any atom is 0.222 e. The van der Waals surface area contributed by atoms with Crippen LogP contribution in [0.3, 0.4) is 0 Å². The topological polar surface area (TPSA) is 49.3 Å². The Hall–Kier alpha value is -2.50. The predicted molar refractivity (Wildman–Crippen MR) is 127 cm³/mol. The molecule has 0 unspecified atom stereocenters. The molecular weight excluding hydrogens is 403 g/mol. The minimum absolute atomic E-state index is 0.234. The first-order chi connectivity index (χ1) is 15.0. The number of nitrogens with zero attached hydrogens (tertiary/aromatic N) is 4. The van der Waals surface area contributed by atoms with Crippen molar-refractivity contribution in [2.45, 2.75) is 60.8 Å². The predicted octanol–water partition coefficient (Wildman–Crippen LogP) is 4.93. The van der Waals surface area contributed by atoms with Crippen LogP contribution in [0.4, 0.5) is 10.2 Å². The monoisotopic (exact) mass is 440 g/mol. The molecule has 174 valence electrons. The summed E-state index contributed by atoms with van der Waals surface area (Å²) in [6.07, 6.45) is 2.23. The van der Waals surface area contributed by atoms with Gasteiger partial charge in [0, 0.05) is 50.3 Å². The van der Waals surface area contributed by atoms with Gasteiger partial charge in [-0.25, -0.2) is 14.4 Å². The van der Waals surface area contributed by atoms with Crippen molar-refractivity contribution in [1.29, 1.82) is 0 Å². The summed E-state index contributed by atoms with van der Waals surface area (Å²) in [6, 6.07) is 6.70. The number of anilines is 1. The van der Waals surface area contributed by atoms with Gasteiger partial charge in [0.1, 0.15) is 17.5 Å². The number of benzene rings is 1. The van der Waals surface area contributed by atoms with Crippen LogP contribution in [0.2, 0.25) is 0 Å². The van der Waals surface area contributed by atoms with Crippen LogP contribution in [0.1, 0.15) is 63.2 Å². The summed E-state index contributed by atoms with van der Waals surface area (Å²) < 4.78 is 13.7. The van der Waals surface area contributed by atoms with E-state index in [4.69, 9.17) is 4.98 Å². The Bertz CT molecular complexity index is 945. The molecule has 0 N–H and O–H groups in total. The molecule has 1 aromatic heterocycles. The van der Waals surface area contributed by atoms with Gasteiger partial charge in [-0.05, 0) is 49.3 Å². The minimum Gasteiger partial charge on any atom is -0.353 e. The second-order valence-corrected chi connectivity index (χ2v) is 10.4. The van der Waals surface area contributed by atoms with Crippen molar-refractivity contribution in [2.24, 2.45) is 11.3 Å². The molecule has 1 fully saturated rings. The maximum absolute atomic E-state index is 13.7. The maximum atomic E-state index is 13.7. The molecule has 2 heterocycles. The summed E-state index contributed by atoms with van der Waals surface area (Å²) in [5.74, 6) is 2.03. The Morgan fingerprint density at radius 3 is 2.44 bits per heavy atom. The largest absolute Gasteiger partial charge is 0.353 e. The van der Waals surface area contributed by atoms with Crippen molar-refractivity contribution >= 4 is 11.7 Å². The van der Waals surface area contributed by atoms with E-state index < -0.39 is 0 Å². The SMILES string of the molecule is Cc1nc(C)c(Cc2cccc(F)c2)c(N2CCN(C(=O)C[C@H](C)CC(C)(C)C)CC2)n1. The number of aryl methyl sites for hydroxylation is 2. The van der Waals surface area contributed by atoms with Crippen molar-refractivity contribution < 1.29 is 9.18 Å². The second kappa shape index (κ2) is 9.97. The van der Waals surface area contributed by atoms with E-state index in [0.29, 0.717) is 31.8 Å². The van der Waals surface area contributed by atoms with Gasteiger partial charge in [0.05, 0.1) is 0 Å². The second-order valence-electron chi connectivity index (χ2n) is 10.4. The van der Waals surface area contributed by atoms with Crippen LogP contribution in [0.25, 0.3) is 0 Å². The average Bonchev–Trinajstić information content (AvgIpc) is 2.68. The van der Waals surface area contributed by atoms with Crippen LogP contribution in [-0.4, -0.2) is 47.0 Å². The summed E-state index contributed by atoms with van der Waals surface area (Å²) in [5.41, 5.74) is 3.09. The normalized spacial score (nSPS) is 15.7. The third-order valence-corrected chi connectivity index (χ3v) is 5.99. The van der Waals surface area contributed by atoms with Crippen LogP contribution < -0.4 is 4.90 Å².